The zero-order valence-corrected chi connectivity index (χ0v) is 13.5. The summed E-state index contributed by atoms with van der Waals surface area (Å²) in [6, 6.07) is 14.6. The Kier molecular flexibility index (Phi) is 5.86. The average Bonchev–Trinajstić information content (AvgIpc) is 2.54. The fraction of sp³-hybridized carbons (Fsp3) is 0.235. The van der Waals surface area contributed by atoms with Crippen molar-refractivity contribution in [2.45, 2.75) is 18.0 Å². The third-order valence-corrected chi connectivity index (χ3v) is 4.24. The smallest absolute Gasteiger partial charge is 0.251 e. The molecule has 2 aromatic rings. The Morgan fingerprint density at radius 3 is 2.32 bits per heavy atom. The normalized spacial score (nSPS) is 11.9. The fourth-order valence-corrected chi connectivity index (χ4v) is 2.62. The lowest BCUT2D eigenvalue weighted by atomic mass is 10.1. The number of rotatable bonds is 6. The third-order valence-electron chi connectivity index (χ3n) is 3.31. The Morgan fingerprint density at radius 1 is 1.09 bits per heavy atom. The van der Waals surface area contributed by atoms with E-state index < -0.39 is 10.8 Å². The number of amides is 1. The van der Waals surface area contributed by atoms with Gasteiger partial charge < -0.3 is 10.1 Å². The summed E-state index contributed by atoms with van der Waals surface area (Å²) in [5.41, 5.74) is 2.64. The maximum absolute atomic E-state index is 12.2. The van der Waals surface area contributed by atoms with Crippen molar-refractivity contribution >= 4 is 16.7 Å². The maximum atomic E-state index is 12.2. The van der Waals surface area contributed by atoms with Gasteiger partial charge in [0.05, 0.1) is 6.61 Å². The molecule has 0 radical (unpaired) electrons. The molecule has 0 fully saturated rings. The number of hydrogen-bond donors (Lipinski definition) is 1. The average molecular weight is 317 g/mol. The number of carbonyl (C=O) groups is 1. The molecule has 0 heterocycles. The van der Waals surface area contributed by atoms with Crippen LogP contribution < -0.4 is 5.32 Å². The van der Waals surface area contributed by atoms with Crippen LogP contribution >= 0.6 is 0 Å². The zero-order valence-electron chi connectivity index (χ0n) is 12.7. The molecule has 4 nitrogen and oxygen atoms in total. The van der Waals surface area contributed by atoms with Crippen molar-refractivity contribution in [3.05, 3.63) is 65.2 Å². The molecule has 0 aliphatic rings. The molecule has 116 valence electrons. The topological polar surface area (TPSA) is 55.4 Å². The molecule has 0 bridgehead atoms. The molecule has 0 saturated heterocycles. The largest absolute Gasteiger partial charge is 0.380 e. The van der Waals surface area contributed by atoms with E-state index in [4.69, 9.17) is 4.74 Å². The van der Waals surface area contributed by atoms with Gasteiger partial charge in [-0.25, -0.2) is 0 Å². The lowest BCUT2D eigenvalue weighted by Gasteiger charge is -2.10. The summed E-state index contributed by atoms with van der Waals surface area (Å²) < 4.78 is 16.5. The van der Waals surface area contributed by atoms with E-state index in [9.17, 15) is 9.00 Å². The van der Waals surface area contributed by atoms with Gasteiger partial charge in [0.25, 0.3) is 5.91 Å². The van der Waals surface area contributed by atoms with E-state index in [0.717, 1.165) is 11.1 Å². The number of benzene rings is 2. The first kappa shape index (κ1) is 16.4. The van der Waals surface area contributed by atoms with Crippen LogP contribution in [0.2, 0.25) is 0 Å². The van der Waals surface area contributed by atoms with Crippen LogP contribution in [-0.4, -0.2) is 23.5 Å². The van der Waals surface area contributed by atoms with Crippen LogP contribution in [0, 0.1) is 0 Å². The van der Waals surface area contributed by atoms with Crippen molar-refractivity contribution in [2.24, 2.45) is 0 Å². The Bertz CT molecular complexity index is 668. The van der Waals surface area contributed by atoms with E-state index in [1.807, 2.05) is 24.3 Å². The van der Waals surface area contributed by atoms with Gasteiger partial charge in [0.1, 0.15) is 0 Å². The molecule has 1 atom stereocenters. The Morgan fingerprint density at radius 2 is 1.73 bits per heavy atom. The first-order valence-corrected chi connectivity index (χ1v) is 8.45. The molecule has 0 aromatic heterocycles. The molecule has 5 heteroatoms. The van der Waals surface area contributed by atoms with Crippen molar-refractivity contribution in [3.63, 3.8) is 0 Å². The zero-order chi connectivity index (χ0) is 15.9. The highest BCUT2D eigenvalue weighted by molar-refractivity contribution is 7.84. The fourth-order valence-electron chi connectivity index (χ4n) is 2.10. The predicted octanol–water partition coefficient (Wildman–Crippen LogP) is 2.50. The van der Waals surface area contributed by atoms with Crippen LogP contribution in [0.25, 0.3) is 0 Å². The highest BCUT2D eigenvalue weighted by atomic mass is 32.2. The molecule has 0 aliphatic carbocycles. The van der Waals surface area contributed by atoms with E-state index in [2.05, 4.69) is 5.32 Å². The second kappa shape index (κ2) is 7.87. The van der Waals surface area contributed by atoms with Gasteiger partial charge in [-0.3, -0.25) is 9.00 Å². The van der Waals surface area contributed by atoms with E-state index in [0.29, 0.717) is 23.6 Å². The van der Waals surface area contributed by atoms with Crippen molar-refractivity contribution in [1.82, 2.24) is 5.32 Å². The molecule has 1 N–H and O–H groups in total. The summed E-state index contributed by atoms with van der Waals surface area (Å²) in [6.07, 6.45) is 1.61. The number of hydrogen-bond acceptors (Lipinski definition) is 3. The van der Waals surface area contributed by atoms with Crippen LogP contribution in [0.1, 0.15) is 21.5 Å². The lowest BCUT2D eigenvalue weighted by molar-refractivity contribution is 0.0950. The van der Waals surface area contributed by atoms with Gasteiger partial charge in [0, 0.05) is 41.2 Å². The van der Waals surface area contributed by atoms with E-state index in [1.54, 1.807) is 37.6 Å². The van der Waals surface area contributed by atoms with E-state index in [1.165, 1.54) is 0 Å². The van der Waals surface area contributed by atoms with Crippen molar-refractivity contribution in [3.8, 4) is 0 Å². The minimum absolute atomic E-state index is 0.152. The maximum Gasteiger partial charge on any atom is 0.251 e. The van der Waals surface area contributed by atoms with Crippen molar-refractivity contribution in [2.75, 3.05) is 13.4 Å². The van der Waals surface area contributed by atoms with Gasteiger partial charge in [-0.2, -0.15) is 0 Å². The number of carbonyl (C=O) groups excluding carboxylic acids is 1. The summed E-state index contributed by atoms with van der Waals surface area (Å²) in [4.78, 5) is 12.9. The van der Waals surface area contributed by atoms with Gasteiger partial charge in [-0.15, -0.1) is 0 Å². The van der Waals surface area contributed by atoms with Gasteiger partial charge >= 0.3 is 0 Å². The van der Waals surface area contributed by atoms with Crippen molar-refractivity contribution in [1.29, 1.82) is 0 Å². The van der Waals surface area contributed by atoms with Crippen molar-refractivity contribution < 1.29 is 13.7 Å². The summed E-state index contributed by atoms with van der Waals surface area (Å²) in [7, 11) is 0.612. The monoisotopic (exact) mass is 317 g/mol. The Labute approximate surface area is 133 Å². The molecule has 2 rings (SSSR count). The first-order valence-electron chi connectivity index (χ1n) is 6.89. The van der Waals surface area contributed by atoms with Gasteiger partial charge in [0.2, 0.25) is 0 Å². The Balaban J connectivity index is 2.02. The standard InChI is InChI=1S/C17H19NO3S/c1-21-12-15-6-4-3-5-14(15)11-18-17(19)13-7-9-16(10-8-13)22(2)20/h3-10H,11-12H2,1-2H3,(H,18,19). The Hall–Kier alpha value is -1.98. The third kappa shape index (κ3) is 4.26. The van der Waals surface area contributed by atoms with Crippen LogP contribution in [0.15, 0.2) is 53.4 Å². The SMILES string of the molecule is COCc1ccccc1CNC(=O)c1ccc(S(C)=O)cc1. The van der Waals surface area contributed by atoms with Crippen LogP contribution in [0.3, 0.4) is 0 Å². The summed E-state index contributed by atoms with van der Waals surface area (Å²) >= 11 is 0. The summed E-state index contributed by atoms with van der Waals surface area (Å²) in [5.74, 6) is -0.152. The van der Waals surface area contributed by atoms with E-state index in [-0.39, 0.29) is 5.91 Å². The van der Waals surface area contributed by atoms with Crippen LogP contribution in [-0.2, 0) is 28.7 Å². The van der Waals surface area contributed by atoms with Crippen LogP contribution in [0.4, 0.5) is 0 Å². The molecule has 22 heavy (non-hydrogen) atoms. The number of ether oxygens (including phenoxy) is 1. The number of methoxy groups -OCH3 is 1. The quantitative estimate of drug-likeness (QED) is 0.890. The van der Waals surface area contributed by atoms with Gasteiger partial charge in [-0.1, -0.05) is 24.3 Å². The molecular formula is C17H19NO3S. The second-order valence-electron chi connectivity index (χ2n) is 4.86. The molecule has 0 saturated carbocycles. The number of nitrogens with one attached hydrogen (secondary N) is 1. The summed E-state index contributed by atoms with van der Waals surface area (Å²) in [5, 5.41) is 2.89. The molecular weight excluding hydrogens is 298 g/mol. The van der Waals surface area contributed by atoms with Crippen LogP contribution in [0.5, 0.6) is 0 Å². The molecule has 1 amide bonds. The minimum Gasteiger partial charge on any atom is -0.380 e. The highest BCUT2D eigenvalue weighted by Gasteiger charge is 2.08. The summed E-state index contributed by atoms with van der Waals surface area (Å²) in [6.45, 7) is 0.961. The second-order valence-corrected chi connectivity index (χ2v) is 6.24. The highest BCUT2D eigenvalue weighted by Crippen LogP contribution is 2.11. The lowest BCUT2D eigenvalue weighted by Crippen LogP contribution is -2.23. The molecule has 0 aliphatic heterocycles. The molecule has 2 aromatic carbocycles. The minimum atomic E-state index is -1.03. The van der Waals surface area contributed by atoms with E-state index >= 15 is 0 Å². The van der Waals surface area contributed by atoms with Gasteiger partial charge in [-0.05, 0) is 35.4 Å². The molecule has 1 unspecified atom stereocenters. The molecule has 0 spiro atoms. The first-order chi connectivity index (χ1) is 10.6. The predicted molar refractivity (Wildman–Crippen MR) is 87.1 cm³/mol. The van der Waals surface area contributed by atoms with Gasteiger partial charge in [0.15, 0.2) is 0 Å².